The van der Waals surface area contributed by atoms with Gasteiger partial charge in [0, 0.05) is 39.8 Å². The number of rotatable bonds is 8. The molecule has 1 aromatic rings. The van der Waals surface area contributed by atoms with Crippen molar-refractivity contribution in [2.45, 2.75) is 37.6 Å². The van der Waals surface area contributed by atoms with E-state index in [9.17, 15) is 10.1 Å². The molecule has 0 aromatic heterocycles. The Morgan fingerprint density at radius 1 is 1.07 bits per heavy atom. The molecule has 2 fully saturated rings. The molecule has 0 radical (unpaired) electrons. The number of benzene rings is 1. The summed E-state index contributed by atoms with van der Waals surface area (Å²) in [5.74, 6) is 1.73. The summed E-state index contributed by atoms with van der Waals surface area (Å²) in [6, 6.07) is 10.1. The molecular weight excluding hydrogens is 380 g/mol. The lowest BCUT2D eigenvalue weighted by atomic mass is 9.81. The van der Waals surface area contributed by atoms with Gasteiger partial charge in [-0.3, -0.25) is 14.6 Å². The molecular formula is C23H34N4O3. The van der Waals surface area contributed by atoms with Gasteiger partial charge in [0.1, 0.15) is 23.6 Å². The van der Waals surface area contributed by atoms with Gasteiger partial charge in [-0.15, -0.1) is 0 Å². The fourth-order valence-corrected chi connectivity index (χ4v) is 4.33. The van der Waals surface area contributed by atoms with Crippen LogP contribution in [0.25, 0.3) is 0 Å². The molecule has 0 atom stereocenters. The minimum Gasteiger partial charge on any atom is -0.497 e. The third-order valence-electron chi connectivity index (χ3n) is 6.46. The van der Waals surface area contributed by atoms with Gasteiger partial charge in [0.2, 0.25) is 5.91 Å². The molecule has 1 heterocycles. The Bertz CT molecular complexity index is 717. The first-order valence-corrected chi connectivity index (χ1v) is 11.0. The monoisotopic (exact) mass is 414 g/mol. The molecule has 1 saturated carbocycles. The minimum atomic E-state index is -0.601. The summed E-state index contributed by atoms with van der Waals surface area (Å²) in [6.07, 6.45) is 4.82. The van der Waals surface area contributed by atoms with Crippen molar-refractivity contribution < 1.29 is 14.3 Å². The number of amides is 1. The SMILES string of the molecule is COc1ccc(OCCN2CCN(CC(=O)N(C)C3(C#N)CCCCC3)CC2)cc1. The van der Waals surface area contributed by atoms with Crippen molar-refractivity contribution in [1.82, 2.24) is 14.7 Å². The van der Waals surface area contributed by atoms with E-state index in [1.54, 1.807) is 12.0 Å². The number of piperazine rings is 1. The fourth-order valence-electron chi connectivity index (χ4n) is 4.33. The zero-order valence-corrected chi connectivity index (χ0v) is 18.3. The summed E-state index contributed by atoms with van der Waals surface area (Å²) in [5, 5.41) is 9.71. The second kappa shape index (κ2) is 10.6. The lowest BCUT2D eigenvalue weighted by molar-refractivity contribution is -0.136. The molecule has 0 spiro atoms. The van der Waals surface area contributed by atoms with Crippen LogP contribution in [0.15, 0.2) is 24.3 Å². The maximum Gasteiger partial charge on any atom is 0.237 e. The highest BCUT2D eigenvalue weighted by Crippen LogP contribution is 2.32. The lowest BCUT2D eigenvalue weighted by Crippen LogP contribution is -2.55. The van der Waals surface area contributed by atoms with Gasteiger partial charge in [0.05, 0.1) is 19.7 Å². The summed E-state index contributed by atoms with van der Waals surface area (Å²) < 4.78 is 11.0. The van der Waals surface area contributed by atoms with Crippen LogP contribution < -0.4 is 9.47 Å². The molecule has 164 valence electrons. The van der Waals surface area contributed by atoms with Gasteiger partial charge in [0.25, 0.3) is 0 Å². The van der Waals surface area contributed by atoms with E-state index in [-0.39, 0.29) is 5.91 Å². The van der Waals surface area contributed by atoms with E-state index < -0.39 is 5.54 Å². The maximum atomic E-state index is 12.8. The molecule has 30 heavy (non-hydrogen) atoms. The topological polar surface area (TPSA) is 69.0 Å². The van der Waals surface area contributed by atoms with E-state index in [0.717, 1.165) is 76.3 Å². The van der Waals surface area contributed by atoms with E-state index in [0.29, 0.717) is 13.2 Å². The molecule has 7 heteroatoms. The zero-order valence-electron chi connectivity index (χ0n) is 18.3. The third kappa shape index (κ3) is 5.65. The first-order valence-electron chi connectivity index (χ1n) is 11.0. The number of likely N-dealkylation sites (N-methyl/N-ethyl adjacent to an activating group) is 1. The van der Waals surface area contributed by atoms with Crippen molar-refractivity contribution in [2.75, 3.05) is 60.0 Å². The first-order chi connectivity index (χ1) is 14.6. The Morgan fingerprint density at radius 3 is 2.27 bits per heavy atom. The minimum absolute atomic E-state index is 0.0646. The number of nitrogens with zero attached hydrogens (tertiary/aromatic N) is 4. The van der Waals surface area contributed by atoms with Crippen LogP contribution in [0, 0.1) is 11.3 Å². The molecule has 0 bridgehead atoms. The van der Waals surface area contributed by atoms with E-state index in [2.05, 4.69) is 15.9 Å². The van der Waals surface area contributed by atoms with Crippen LogP contribution in [-0.2, 0) is 4.79 Å². The van der Waals surface area contributed by atoms with E-state index in [1.165, 1.54) is 0 Å². The van der Waals surface area contributed by atoms with Crippen molar-refractivity contribution in [3.05, 3.63) is 24.3 Å². The largest absolute Gasteiger partial charge is 0.497 e. The Hall–Kier alpha value is -2.30. The van der Waals surface area contributed by atoms with Crippen molar-refractivity contribution >= 4 is 5.91 Å². The van der Waals surface area contributed by atoms with E-state index in [4.69, 9.17) is 9.47 Å². The zero-order chi connectivity index (χ0) is 21.4. The van der Waals surface area contributed by atoms with Gasteiger partial charge in [0.15, 0.2) is 0 Å². The smallest absolute Gasteiger partial charge is 0.237 e. The highest BCUT2D eigenvalue weighted by Gasteiger charge is 2.39. The second-order valence-corrected chi connectivity index (χ2v) is 8.30. The van der Waals surface area contributed by atoms with Gasteiger partial charge in [-0.25, -0.2) is 0 Å². The van der Waals surface area contributed by atoms with E-state index in [1.807, 2.05) is 31.3 Å². The van der Waals surface area contributed by atoms with Gasteiger partial charge in [-0.2, -0.15) is 5.26 Å². The number of nitriles is 1. The summed E-state index contributed by atoms with van der Waals surface area (Å²) in [7, 11) is 3.46. The summed E-state index contributed by atoms with van der Waals surface area (Å²) >= 11 is 0. The van der Waals surface area contributed by atoms with Crippen LogP contribution in [0.2, 0.25) is 0 Å². The number of methoxy groups -OCH3 is 1. The Morgan fingerprint density at radius 2 is 1.67 bits per heavy atom. The second-order valence-electron chi connectivity index (χ2n) is 8.30. The maximum absolute atomic E-state index is 12.8. The number of ether oxygens (including phenoxy) is 2. The molecule has 0 unspecified atom stereocenters. The summed E-state index contributed by atoms with van der Waals surface area (Å²) in [6.45, 7) is 5.47. The van der Waals surface area contributed by atoms with Crippen molar-refractivity contribution in [3.8, 4) is 17.6 Å². The molecule has 1 amide bonds. The summed E-state index contributed by atoms with van der Waals surface area (Å²) in [5.41, 5.74) is -0.601. The van der Waals surface area contributed by atoms with Crippen molar-refractivity contribution in [3.63, 3.8) is 0 Å². The van der Waals surface area contributed by atoms with Crippen LogP contribution in [0.3, 0.4) is 0 Å². The number of carbonyl (C=O) groups is 1. The highest BCUT2D eigenvalue weighted by atomic mass is 16.5. The highest BCUT2D eigenvalue weighted by molar-refractivity contribution is 5.79. The predicted molar refractivity (Wildman–Crippen MR) is 116 cm³/mol. The first kappa shape index (κ1) is 22.4. The summed E-state index contributed by atoms with van der Waals surface area (Å²) in [4.78, 5) is 19.1. The average molecular weight is 415 g/mol. The Kier molecular flexibility index (Phi) is 7.94. The van der Waals surface area contributed by atoms with Crippen molar-refractivity contribution in [1.29, 1.82) is 5.26 Å². The molecule has 1 aliphatic heterocycles. The molecule has 7 nitrogen and oxygen atoms in total. The quantitative estimate of drug-likeness (QED) is 0.651. The van der Waals surface area contributed by atoms with Crippen LogP contribution in [-0.4, -0.2) is 86.2 Å². The van der Waals surface area contributed by atoms with Crippen LogP contribution in [0.4, 0.5) is 0 Å². The third-order valence-corrected chi connectivity index (χ3v) is 6.46. The van der Waals surface area contributed by atoms with Gasteiger partial charge < -0.3 is 14.4 Å². The Labute approximate surface area is 180 Å². The predicted octanol–water partition coefficient (Wildman–Crippen LogP) is 2.38. The number of hydrogen-bond acceptors (Lipinski definition) is 6. The van der Waals surface area contributed by atoms with Gasteiger partial charge >= 0.3 is 0 Å². The van der Waals surface area contributed by atoms with Crippen LogP contribution in [0.1, 0.15) is 32.1 Å². The molecule has 3 rings (SSSR count). The molecule has 0 N–H and O–H groups in total. The van der Waals surface area contributed by atoms with Gasteiger partial charge in [-0.1, -0.05) is 19.3 Å². The van der Waals surface area contributed by atoms with Crippen LogP contribution >= 0.6 is 0 Å². The average Bonchev–Trinajstić information content (AvgIpc) is 2.80. The van der Waals surface area contributed by atoms with Crippen molar-refractivity contribution in [2.24, 2.45) is 0 Å². The standard InChI is InChI=1S/C23H34N4O3/c1-25(23(19-24)10-4-3-5-11-23)22(28)18-27-14-12-26(13-15-27)16-17-30-21-8-6-20(29-2)7-9-21/h6-9H,3-5,10-18H2,1-2H3. The number of hydrogen-bond donors (Lipinski definition) is 0. The van der Waals surface area contributed by atoms with Crippen LogP contribution in [0.5, 0.6) is 11.5 Å². The lowest BCUT2D eigenvalue weighted by Gasteiger charge is -2.41. The molecule has 2 aliphatic rings. The molecule has 1 aromatic carbocycles. The van der Waals surface area contributed by atoms with Gasteiger partial charge in [-0.05, 0) is 37.1 Å². The molecule has 1 aliphatic carbocycles. The van der Waals surface area contributed by atoms with E-state index >= 15 is 0 Å². The normalized spacial score (nSPS) is 19.6. The Balaban J connectivity index is 1.37. The number of carbonyl (C=O) groups excluding carboxylic acids is 1. The molecule has 1 saturated heterocycles. The fraction of sp³-hybridized carbons (Fsp3) is 0.652.